The SMILES string of the molecule is CCCC(C[PH](=O)CO)C(=O)OCC. The van der Waals surface area contributed by atoms with E-state index in [1.807, 2.05) is 6.92 Å². The summed E-state index contributed by atoms with van der Waals surface area (Å²) in [5.74, 6) is -0.598. The average molecular weight is 222 g/mol. The lowest BCUT2D eigenvalue weighted by molar-refractivity contribution is -0.147. The van der Waals surface area contributed by atoms with E-state index in [2.05, 4.69) is 0 Å². The Morgan fingerprint density at radius 3 is 2.57 bits per heavy atom. The van der Waals surface area contributed by atoms with Crippen LogP contribution in [-0.2, 0) is 14.1 Å². The van der Waals surface area contributed by atoms with Gasteiger partial charge in [-0.3, -0.25) is 4.79 Å². The van der Waals surface area contributed by atoms with Crippen molar-refractivity contribution >= 4 is 13.8 Å². The van der Waals surface area contributed by atoms with Crippen molar-refractivity contribution in [2.75, 3.05) is 19.1 Å². The topological polar surface area (TPSA) is 63.6 Å². The Hall–Kier alpha value is -0.340. The van der Waals surface area contributed by atoms with Gasteiger partial charge in [0.2, 0.25) is 0 Å². The van der Waals surface area contributed by atoms with E-state index in [4.69, 9.17) is 9.84 Å². The molecule has 0 fully saturated rings. The van der Waals surface area contributed by atoms with Crippen molar-refractivity contribution in [2.24, 2.45) is 5.92 Å². The number of rotatable bonds is 7. The molecule has 0 aliphatic carbocycles. The number of carbonyl (C=O) groups excluding carboxylic acids is 1. The predicted octanol–water partition coefficient (Wildman–Crippen LogP) is 1.48. The minimum Gasteiger partial charge on any atom is -0.466 e. The van der Waals surface area contributed by atoms with Gasteiger partial charge in [-0.2, -0.15) is 0 Å². The van der Waals surface area contributed by atoms with E-state index < -0.39 is 7.80 Å². The first-order chi connectivity index (χ1) is 6.65. The maximum atomic E-state index is 11.4. The van der Waals surface area contributed by atoms with Gasteiger partial charge in [0.25, 0.3) is 0 Å². The Balaban J connectivity index is 4.13. The van der Waals surface area contributed by atoms with Gasteiger partial charge in [-0.05, 0) is 13.3 Å². The van der Waals surface area contributed by atoms with Crippen LogP contribution >= 0.6 is 7.80 Å². The Kier molecular flexibility index (Phi) is 7.81. The summed E-state index contributed by atoms with van der Waals surface area (Å²) in [5, 5.41) is 8.64. The minimum atomic E-state index is -2.01. The Morgan fingerprint density at radius 2 is 2.14 bits per heavy atom. The van der Waals surface area contributed by atoms with E-state index >= 15 is 0 Å². The highest BCUT2D eigenvalue weighted by atomic mass is 31.1. The molecule has 0 rings (SSSR count). The van der Waals surface area contributed by atoms with Crippen LogP contribution in [0.2, 0.25) is 0 Å². The fourth-order valence-electron chi connectivity index (χ4n) is 1.25. The number of ether oxygens (including phenoxy) is 1. The van der Waals surface area contributed by atoms with Crippen LogP contribution < -0.4 is 0 Å². The smallest absolute Gasteiger partial charge is 0.309 e. The third-order valence-electron chi connectivity index (χ3n) is 1.91. The number of esters is 1. The van der Waals surface area contributed by atoms with Crippen LogP contribution in [0, 0.1) is 5.92 Å². The van der Waals surface area contributed by atoms with Gasteiger partial charge >= 0.3 is 5.97 Å². The first-order valence-corrected chi connectivity index (χ1v) is 6.77. The highest BCUT2D eigenvalue weighted by Crippen LogP contribution is 2.25. The molecule has 84 valence electrons. The molecule has 1 N–H and O–H groups in total. The summed E-state index contributed by atoms with van der Waals surface area (Å²) >= 11 is 0. The standard InChI is InChI=1S/C9H19O4P/c1-3-5-8(6-14(12)7-10)9(11)13-4-2/h8,10,14H,3-7H2,1-2H3. The molecule has 0 heterocycles. The second-order valence-electron chi connectivity index (χ2n) is 3.14. The first-order valence-electron chi connectivity index (χ1n) is 4.94. The van der Waals surface area contributed by atoms with E-state index in [9.17, 15) is 9.36 Å². The highest BCUT2D eigenvalue weighted by molar-refractivity contribution is 7.44. The minimum absolute atomic E-state index is 0.272. The summed E-state index contributed by atoms with van der Waals surface area (Å²) in [5.41, 5.74) is 0. The number of carbonyl (C=O) groups is 1. The van der Waals surface area contributed by atoms with Gasteiger partial charge in [0.1, 0.15) is 7.80 Å². The molecule has 4 nitrogen and oxygen atoms in total. The molecule has 0 saturated carbocycles. The second-order valence-corrected chi connectivity index (χ2v) is 4.94. The zero-order valence-corrected chi connectivity index (χ0v) is 9.78. The zero-order chi connectivity index (χ0) is 11.0. The van der Waals surface area contributed by atoms with Crippen LogP contribution in [0.15, 0.2) is 0 Å². The summed E-state index contributed by atoms with van der Waals surface area (Å²) < 4.78 is 16.0. The molecule has 0 spiro atoms. The lowest BCUT2D eigenvalue weighted by atomic mass is 10.1. The molecule has 0 amide bonds. The highest BCUT2D eigenvalue weighted by Gasteiger charge is 2.20. The quantitative estimate of drug-likeness (QED) is 0.523. The number of aliphatic hydroxyl groups excluding tert-OH is 1. The Labute approximate surface area is 85.4 Å². The molecule has 2 unspecified atom stereocenters. The summed E-state index contributed by atoms with van der Waals surface area (Å²) in [4.78, 5) is 11.4. The third kappa shape index (κ3) is 5.40. The molecule has 14 heavy (non-hydrogen) atoms. The lowest BCUT2D eigenvalue weighted by Gasteiger charge is -2.13. The van der Waals surface area contributed by atoms with E-state index in [0.29, 0.717) is 13.0 Å². The molecule has 0 aromatic heterocycles. The van der Waals surface area contributed by atoms with E-state index in [-0.39, 0.29) is 24.4 Å². The van der Waals surface area contributed by atoms with Crippen molar-refractivity contribution in [1.29, 1.82) is 0 Å². The number of hydrogen-bond acceptors (Lipinski definition) is 4. The van der Waals surface area contributed by atoms with E-state index in [1.165, 1.54) is 0 Å². The number of aliphatic hydroxyl groups is 1. The molecule has 0 aliphatic rings. The molecule has 5 heteroatoms. The molecular weight excluding hydrogens is 203 g/mol. The fourth-order valence-corrected chi connectivity index (χ4v) is 2.30. The molecule has 0 bridgehead atoms. The lowest BCUT2D eigenvalue weighted by Crippen LogP contribution is -2.20. The predicted molar refractivity (Wildman–Crippen MR) is 56.0 cm³/mol. The van der Waals surface area contributed by atoms with Crippen molar-refractivity contribution in [1.82, 2.24) is 0 Å². The van der Waals surface area contributed by atoms with Crippen LogP contribution in [0.3, 0.4) is 0 Å². The second kappa shape index (κ2) is 8.01. The summed E-state index contributed by atoms with van der Waals surface area (Å²) in [6.45, 7) is 4.05. The Morgan fingerprint density at radius 1 is 1.50 bits per heavy atom. The van der Waals surface area contributed by atoms with Crippen LogP contribution in [0.25, 0.3) is 0 Å². The van der Waals surface area contributed by atoms with Crippen LogP contribution in [0.5, 0.6) is 0 Å². The van der Waals surface area contributed by atoms with Gasteiger partial charge in [-0.15, -0.1) is 0 Å². The summed E-state index contributed by atoms with van der Waals surface area (Å²) in [7, 11) is -2.01. The average Bonchev–Trinajstić information content (AvgIpc) is 2.17. The molecule has 2 atom stereocenters. The van der Waals surface area contributed by atoms with E-state index in [1.54, 1.807) is 6.92 Å². The maximum absolute atomic E-state index is 11.4. The molecule has 0 radical (unpaired) electrons. The molecule has 0 aromatic carbocycles. The third-order valence-corrected chi connectivity index (χ3v) is 3.21. The fraction of sp³-hybridized carbons (Fsp3) is 0.889. The first kappa shape index (κ1) is 13.7. The van der Waals surface area contributed by atoms with Gasteiger partial charge in [-0.1, -0.05) is 13.3 Å². The largest absolute Gasteiger partial charge is 0.466 e. The Bertz CT molecular complexity index is 193. The van der Waals surface area contributed by atoms with Crippen LogP contribution in [0.4, 0.5) is 0 Å². The summed E-state index contributed by atoms with van der Waals surface area (Å²) in [6, 6.07) is 0. The number of hydrogen-bond donors (Lipinski definition) is 1. The van der Waals surface area contributed by atoms with Gasteiger partial charge in [0.15, 0.2) is 0 Å². The van der Waals surface area contributed by atoms with Crippen LogP contribution in [0.1, 0.15) is 26.7 Å². The zero-order valence-electron chi connectivity index (χ0n) is 8.78. The maximum Gasteiger partial charge on any atom is 0.309 e. The molecular formula is C9H19O4P. The van der Waals surface area contributed by atoms with Gasteiger partial charge in [0, 0.05) is 6.16 Å². The van der Waals surface area contributed by atoms with Crippen LogP contribution in [-0.4, -0.2) is 30.2 Å². The van der Waals surface area contributed by atoms with E-state index in [0.717, 1.165) is 6.42 Å². The van der Waals surface area contributed by atoms with Crippen molar-refractivity contribution in [3.8, 4) is 0 Å². The van der Waals surface area contributed by atoms with Crippen molar-refractivity contribution in [2.45, 2.75) is 26.7 Å². The van der Waals surface area contributed by atoms with Crippen molar-refractivity contribution in [3.63, 3.8) is 0 Å². The normalized spacial score (nSPS) is 14.8. The molecule has 0 saturated heterocycles. The van der Waals surface area contributed by atoms with Gasteiger partial charge in [-0.25, -0.2) is 0 Å². The van der Waals surface area contributed by atoms with Gasteiger partial charge in [0.05, 0.1) is 18.9 Å². The summed E-state index contributed by atoms with van der Waals surface area (Å²) in [6.07, 6.45) is 1.48. The molecule has 0 aromatic rings. The van der Waals surface area contributed by atoms with Crippen molar-refractivity contribution in [3.05, 3.63) is 0 Å². The van der Waals surface area contributed by atoms with Gasteiger partial charge < -0.3 is 14.4 Å². The monoisotopic (exact) mass is 222 g/mol. The van der Waals surface area contributed by atoms with Crippen molar-refractivity contribution < 1.29 is 19.2 Å². The molecule has 0 aliphatic heterocycles.